The van der Waals surface area contributed by atoms with Crippen molar-refractivity contribution < 1.29 is 0 Å². The zero-order valence-electron chi connectivity index (χ0n) is 7.96. The minimum Gasteiger partial charge on any atom is -0.399 e. The molecule has 0 saturated carbocycles. The first-order valence-electron chi connectivity index (χ1n) is 4.67. The Morgan fingerprint density at radius 1 is 1.38 bits per heavy atom. The number of alkyl halides is 1. The van der Waals surface area contributed by atoms with Crippen molar-refractivity contribution in [1.29, 1.82) is 0 Å². The van der Waals surface area contributed by atoms with Crippen LogP contribution in [-0.2, 0) is 6.42 Å². The van der Waals surface area contributed by atoms with Crippen molar-refractivity contribution in [3.05, 3.63) is 29.8 Å². The molecule has 72 valence electrons. The van der Waals surface area contributed by atoms with E-state index >= 15 is 0 Å². The van der Waals surface area contributed by atoms with Gasteiger partial charge in [-0.1, -0.05) is 31.5 Å². The normalized spacial score (nSPS) is 12.8. The summed E-state index contributed by atoms with van der Waals surface area (Å²) in [5.41, 5.74) is 7.93. The maximum absolute atomic E-state index is 5.84. The summed E-state index contributed by atoms with van der Waals surface area (Å²) in [5, 5.41) is 0. The molecule has 1 unspecified atom stereocenters. The molecular weight excluding hydrogens is 182 g/mol. The molecule has 1 aromatic rings. The molecule has 1 nitrogen and oxygen atoms in total. The van der Waals surface area contributed by atoms with Gasteiger partial charge in [0.15, 0.2) is 0 Å². The summed E-state index contributed by atoms with van der Waals surface area (Å²) < 4.78 is 0. The Morgan fingerprint density at radius 3 is 2.62 bits per heavy atom. The molecule has 0 fully saturated rings. The molecule has 2 heteroatoms. The predicted molar refractivity (Wildman–Crippen MR) is 59.1 cm³/mol. The second-order valence-corrected chi connectivity index (χ2v) is 3.64. The van der Waals surface area contributed by atoms with E-state index in [1.807, 2.05) is 18.2 Å². The summed E-state index contributed by atoms with van der Waals surface area (Å²) in [5.74, 6) is 1.26. The van der Waals surface area contributed by atoms with Crippen molar-refractivity contribution >= 4 is 17.3 Å². The molecule has 0 bridgehead atoms. The van der Waals surface area contributed by atoms with Crippen LogP contribution >= 0.6 is 11.6 Å². The summed E-state index contributed by atoms with van der Waals surface area (Å²) >= 11 is 5.83. The third kappa shape index (κ3) is 2.92. The number of nitrogen functional groups attached to an aromatic ring is 1. The van der Waals surface area contributed by atoms with Crippen molar-refractivity contribution in [2.45, 2.75) is 19.8 Å². The fraction of sp³-hybridized carbons (Fsp3) is 0.455. The SMILES string of the molecule is CCC(CCl)Cc1ccccc1N. The van der Waals surface area contributed by atoms with E-state index in [1.54, 1.807) is 0 Å². The third-order valence-corrected chi connectivity index (χ3v) is 2.80. The smallest absolute Gasteiger partial charge is 0.0346 e. The van der Waals surface area contributed by atoms with Gasteiger partial charge < -0.3 is 5.73 Å². The lowest BCUT2D eigenvalue weighted by Gasteiger charge is -2.12. The van der Waals surface area contributed by atoms with Crippen LogP contribution in [0.25, 0.3) is 0 Å². The second-order valence-electron chi connectivity index (χ2n) is 3.33. The van der Waals surface area contributed by atoms with E-state index in [9.17, 15) is 0 Å². The average molecular weight is 198 g/mol. The Balaban J connectivity index is 2.67. The number of hydrogen-bond donors (Lipinski definition) is 1. The van der Waals surface area contributed by atoms with Gasteiger partial charge in [-0.2, -0.15) is 0 Å². The maximum atomic E-state index is 5.84. The minimum atomic E-state index is 0.548. The van der Waals surface area contributed by atoms with Gasteiger partial charge in [0, 0.05) is 11.6 Å². The highest BCUT2D eigenvalue weighted by molar-refractivity contribution is 6.18. The van der Waals surface area contributed by atoms with E-state index < -0.39 is 0 Å². The minimum absolute atomic E-state index is 0.548. The van der Waals surface area contributed by atoms with Crippen LogP contribution in [0.4, 0.5) is 5.69 Å². The highest BCUT2D eigenvalue weighted by atomic mass is 35.5. The van der Waals surface area contributed by atoms with Crippen LogP contribution in [0.1, 0.15) is 18.9 Å². The molecule has 1 rings (SSSR count). The van der Waals surface area contributed by atoms with Crippen LogP contribution in [0.15, 0.2) is 24.3 Å². The van der Waals surface area contributed by atoms with Crippen molar-refractivity contribution in [2.75, 3.05) is 11.6 Å². The number of nitrogens with two attached hydrogens (primary N) is 1. The third-order valence-electron chi connectivity index (χ3n) is 2.36. The van der Waals surface area contributed by atoms with Gasteiger partial charge in [-0.05, 0) is 24.0 Å². The Labute approximate surface area is 84.9 Å². The predicted octanol–water partition coefficient (Wildman–Crippen LogP) is 3.08. The van der Waals surface area contributed by atoms with Gasteiger partial charge in [0.25, 0.3) is 0 Å². The lowest BCUT2D eigenvalue weighted by molar-refractivity contribution is 0.567. The van der Waals surface area contributed by atoms with Crippen molar-refractivity contribution in [1.82, 2.24) is 0 Å². The largest absolute Gasteiger partial charge is 0.399 e. The number of anilines is 1. The molecule has 0 aliphatic carbocycles. The van der Waals surface area contributed by atoms with Crippen LogP contribution in [0.5, 0.6) is 0 Å². The Hall–Kier alpha value is -0.690. The average Bonchev–Trinajstić information content (AvgIpc) is 2.17. The molecule has 0 spiro atoms. The fourth-order valence-corrected chi connectivity index (χ4v) is 1.67. The molecule has 1 aromatic carbocycles. The number of para-hydroxylation sites is 1. The molecule has 0 heterocycles. The maximum Gasteiger partial charge on any atom is 0.0346 e. The van der Waals surface area contributed by atoms with Gasteiger partial charge in [-0.3, -0.25) is 0 Å². The summed E-state index contributed by atoms with van der Waals surface area (Å²) in [6, 6.07) is 7.99. The molecule has 0 aliphatic heterocycles. The standard InChI is InChI=1S/C11H16ClN/c1-2-9(8-12)7-10-5-3-4-6-11(10)13/h3-6,9H,2,7-8,13H2,1H3. The Morgan fingerprint density at radius 2 is 2.08 bits per heavy atom. The number of benzene rings is 1. The summed E-state index contributed by atoms with van der Waals surface area (Å²) in [6.07, 6.45) is 2.10. The zero-order valence-corrected chi connectivity index (χ0v) is 8.72. The molecule has 0 amide bonds. The van der Waals surface area contributed by atoms with Crippen molar-refractivity contribution in [2.24, 2.45) is 5.92 Å². The fourth-order valence-electron chi connectivity index (χ4n) is 1.34. The van der Waals surface area contributed by atoms with Crippen molar-refractivity contribution in [3.63, 3.8) is 0 Å². The highest BCUT2D eigenvalue weighted by Crippen LogP contribution is 2.18. The van der Waals surface area contributed by atoms with Gasteiger partial charge in [-0.25, -0.2) is 0 Å². The first-order chi connectivity index (χ1) is 6.27. The molecule has 2 N–H and O–H groups in total. The van der Waals surface area contributed by atoms with Gasteiger partial charge >= 0.3 is 0 Å². The highest BCUT2D eigenvalue weighted by Gasteiger charge is 2.07. The zero-order chi connectivity index (χ0) is 9.68. The molecule has 0 saturated heterocycles. The summed E-state index contributed by atoms with van der Waals surface area (Å²) in [7, 11) is 0. The van der Waals surface area contributed by atoms with Gasteiger partial charge in [0.1, 0.15) is 0 Å². The Bertz CT molecular complexity index is 256. The number of rotatable bonds is 4. The van der Waals surface area contributed by atoms with Gasteiger partial charge in [0.05, 0.1) is 0 Å². The monoisotopic (exact) mass is 197 g/mol. The molecule has 13 heavy (non-hydrogen) atoms. The van der Waals surface area contributed by atoms with E-state index in [2.05, 4.69) is 13.0 Å². The van der Waals surface area contributed by atoms with Crippen LogP contribution < -0.4 is 5.73 Å². The lowest BCUT2D eigenvalue weighted by Crippen LogP contribution is -2.06. The van der Waals surface area contributed by atoms with Gasteiger partial charge in [0.2, 0.25) is 0 Å². The van der Waals surface area contributed by atoms with Crippen LogP contribution in [0, 0.1) is 5.92 Å². The van der Waals surface area contributed by atoms with E-state index in [4.69, 9.17) is 17.3 Å². The van der Waals surface area contributed by atoms with Gasteiger partial charge in [-0.15, -0.1) is 11.6 Å². The van der Waals surface area contributed by atoms with E-state index in [1.165, 1.54) is 5.56 Å². The quantitative estimate of drug-likeness (QED) is 0.583. The second kappa shape index (κ2) is 5.13. The lowest BCUT2D eigenvalue weighted by atomic mass is 9.98. The number of hydrogen-bond acceptors (Lipinski definition) is 1. The van der Waals surface area contributed by atoms with Crippen LogP contribution in [-0.4, -0.2) is 5.88 Å². The van der Waals surface area contributed by atoms with Crippen LogP contribution in [0.3, 0.4) is 0 Å². The van der Waals surface area contributed by atoms with Crippen LogP contribution in [0.2, 0.25) is 0 Å². The number of halogens is 1. The molecule has 0 radical (unpaired) electrons. The van der Waals surface area contributed by atoms with E-state index in [-0.39, 0.29) is 0 Å². The first kappa shape index (κ1) is 10.4. The van der Waals surface area contributed by atoms with Crippen molar-refractivity contribution in [3.8, 4) is 0 Å². The summed E-state index contributed by atoms with van der Waals surface area (Å²) in [4.78, 5) is 0. The molecule has 0 aliphatic rings. The molecule has 1 atom stereocenters. The topological polar surface area (TPSA) is 26.0 Å². The van der Waals surface area contributed by atoms with E-state index in [0.29, 0.717) is 11.8 Å². The molecular formula is C11H16ClN. The molecule has 0 aromatic heterocycles. The van der Waals surface area contributed by atoms with E-state index in [0.717, 1.165) is 18.5 Å². The summed E-state index contributed by atoms with van der Waals surface area (Å²) in [6.45, 7) is 2.16. The Kier molecular flexibility index (Phi) is 4.10. The first-order valence-corrected chi connectivity index (χ1v) is 5.20.